The molecule has 0 amide bonds. The van der Waals surface area contributed by atoms with Gasteiger partial charge in [-0.25, -0.2) is 28.8 Å². The molecule has 8 nitrogen and oxygen atoms in total. The first-order valence-corrected chi connectivity index (χ1v) is 11.1. The van der Waals surface area contributed by atoms with E-state index >= 15 is 0 Å². The van der Waals surface area contributed by atoms with Gasteiger partial charge in [0.15, 0.2) is 5.65 Å². The highest BCUT2D eigenvalue weighted by Gasteiger charge is 2.32. The van der Waals surface area contributed by atoms with Crippen molar-refractivity contribution >= 4 is 5.65 Å². The van der Waals surface area contributed by atoms with Crippen LogP contribution in [0.4, 0.5) is 13.2 Å². The van der Waals surface area contributed by atoms with E-state index in [9.17, 15) is 18.0 Å². The lowest BCUT2D eigenvalue weighted by Gasteiger charge is -2.10. The van der Waals surface area contributed by atoms with Gasteiger partial charge in [-0.1, -0.05) is 18.2 Å². The summed E-state index contributed by atoms with van der Waals surface area (Å²) in [5.74, 6) is 0. The largest absolute Gasteiger partial charge is 0.467 e. The number of methoxy groups -OCH3 is 1. The second-order valence-corrected chi connectivity index (χ2v) is 8.32. The van der Waals surface area contributed by atoms with Crippen molar-refractivity contribution in [1.82, 2.24) is 29.1 Å². The number of ether oxygens (including phenoxy) is 1. The zero-order chi connectivity index (χ0) is 26.3. The highest BCUT2D eigenvalue weighted by molar-refractivity contribution is 5.90. The van der Waals surface area contributed by atoms with E-state index in [0.717, 1.165) is 22.8 Å². The van der Waals surface area contributed by atoms with Gasteiger partial charge >= 0.3 is 17.9 Å². The Morgan fingerprint density at radius 2 is 1.78 bits per heavy atom. The fourth-order valence-corrected chi connectivity index (χ4v) is 3.93. The van der Waals surface area contributed by atoms with Crippen LogP contribution in [0.15, 0.2) is 53.7 Å². The average molecular weight is 504 g/mol. The Balaban J connectivity index is 1.67. The molecule has 4 heterocycles. The molecule has 0 aliphatic heterocycles. The number of hydrogen-bond donors (Lipinski definition) is 0. The molecule has 0 bridgehead atoms. The smallest absolute Gasteiger partial charge is 0.433 e. The van der Waals surface area contributed by atoms with Crippen LogP contribution in [0.25, 0.3) is 27.9 Å². The van der Waals surface area contributed by atoms with Crippen molar-refractivity contribution in [2.45, 2.75) is 26.6 Å². The van der Waals surface area contributed by atoms with Gasteiger partial charge in [-0.2, -0.15) is 13.2 Å². The van der Waals surface area contributed by atoms with Gasteiger partial charge in [0.25, 0.3) is 0 Å². The second-order valence-electron chi connectivity index (χ2n) is 8.32. The normalized spacial score (nSPS) is 11.5. The maximum absolute atomic E-state index is 13.2. The highest BCUT2D eigenvalue weighted by Crippen LogP contribution is 2.34. The number of halogens is 3. The van der Waals surface area contributed by atoms with E-state index in [1.54, 1.807) is 24.7 Å². The van der Waals surface area contributed by atoms with Crippen molar-refractivity contribution in [1.29, 1.82) is 0 Å². The number of hydrogen-bond acceptors (Lipinski definition) is 6. The van der Waals surface area contributed by atoms with Crippen LogP contribution in [0, 0.1) is 26.0 Å². The van der Waals surface area contributed by atoms with Crippen molar-refractivity contribution in [3.8, 4) is 28.3 Å². The number of fused-ring (bicyclic) bond motifs is 1. The van der Waals surface area contributed by atoms with Crippen LogP contribution in [0.1, 0.15) is 22.5 Å². The minimum atomic E-state index is -4.56. The molecular formula is C26H19F3N6O2. The molecule has 5 rings (SSSR count). The number of aryl methyl sites for hydroxylation is 2. The van der Waals surface area contributed by atoms with E-state index in [1.165, 1.54) is 29.2 Å². The summed E-state index contributed by atoms with van der Waals surface area (Å²) in [5.41, 5.74) is 3.00. The van der Waals surface area contributed by atoms with E-state index in [4.69, 9.17) is 4.74 Å². The first-order chi connectivity index (χ1) is 17.7. The van der Waals surface area contributed by atoms with Gasteiger partial charge in [-0.3, -0.25) is 0 Å². The summed E-state index contributed by atoms with van der Waals surface area (Å²) in [6.45, 7) is 3.31. The summed E-state index contributed by atoms with van der Waals surface area (Å²) in [6.07, 6.45) is 0.168. The van der Waals surface area contributed by atoms with Crippen molar-refractivity contribution < 1.29 is 17.9 Å². The van der Waals surface area contributed by atoms with Crippen LogP contribution in [0.2, 0.25) is 0 Å². The summed E-state index contributed by atoms with van der Waals surface area (Å²) < 4.78 is 46.7. The first-order valence-electron chi connectivity index (χ1n) is 11.1. The lowest BCUT2D eigenvalue weighted by Crippen LogP contribution is -2.22. The number of nitrogens with zero attached hydrogens (tertiary/aromatic N) is 6. The summed E-state index contributed by atoms with van der Waals surface area (Å²) in [4.78, 5) is 25.3. The third kappa shape index (κ3) is 4.49. The van der Waals surface area contributed by atoms with Crippen LogP contribution in [0.5, 0.6) is 6.01 Å². The van der Waals surface area contributed by atoms with Gasteiger partial charge < -0.3 is 4.74 Å². The third-order valence-corrected chi connectivity index (χ3v) is 5.84. The summed E-state index contributed by atoms with van der Waals surface area (Å²) >= 11 is 0. The van der Waals surface area contributed by atoms with Gasteiger partial charge in [-0.15, -0.1) is 5.10 Å². The molecule has 0 fully saturated rings. The number of aromatic nitrogens is 6. The topological polar surface area (TPSA) is 87.2 Å². The monoisotopic (exact) mass is 504 g/mol. The zero-order valence-electron chi connectivity index (χ0n) is 20.0. The molecule has 186 valence electrons. The molecule has 0 aliphatic carbocycles. The highest BCUT2D eigenvalue weighted by atomic mass is 19.4. The van der Waals surface area contributed by atoms with Gasteiger partial charge in [0.05, 0.1) is 13.7 Å². The fourth-order valence-electron chi connectivity index (χ4n) is 3.93. The average Bonchev–Trinajstić information content (AvgIpc) is 3.19. The minimum Gasteiger partial charge on any atom is -0.467 e. The number of alkyl halides is 3. The second kappa shape index (κ2) is 9.05. The number of pyridine rings is 2. The lowest BCUT2D eigenvalue weighted by atomic mass is 9.98. The standard InChI is InChI=1S/C26H19F3N6O2/c1-15-4-6-17(7-5-15)20-10-11-34-23(22(20)19-12-30-24(37-3)31-13-19)33-35(25(34)36)14-18-8-9-21(26(27,28)29)32-16(18)2/h4,6,8-13H,14H2,1-3H3. The Labute approximate surface area is 209 Å². The van der Waals surface area contributed by atoms with Gasteiger partial charge in [0.1, 0.15) is 5.69 Å². The van der Waals surface area contributed by atoms with Crippen LogP contribution in [-0.2, 0) is 12.7 Å². The van der Waals surface area contributed by atoms with Gasteiger partial charge in [0, 0.05) is 46.5 Å². The maximum Gasteiger partial charge on any atom is 0.433 e. The lowest BCUT2D eigenvalue weighted by molar-refractivity contribution is -0.141. The zero-order valence-corrected chi connectivity index (χ0v) is 20.0. The van der Waals surface area contributed by atoms with E-state index in [0.29, 0.717) is 22.3 Å². The predicted octanol–water partition coefficient (Wildman–Crippen LogP) is 4.31. The fraction of sp³-hybridized carbons (Fsp3) is 0.192. The van der Waals surface area contributed by atoms with Crippen molar-refractivity contribution in [3.05, 3.63) is 94.1 Å². The quantitative estimate of drug-likeness (QED) is 0.355. The molecule has 1 aromatic carbocycles. The van der Waals surface area contributed by atoms with E-state index in [1.807, 2.05) is 19.1 Å². The summed E-state index contributed by atoms with van der Waals surface area (Å²) in [5, 5.41) is 4.55. The molecule has 5 aromatic rings. The maximum atomic E-state index is 13.2. The van der Waals surface area contributed by atoms with Crippen LogP contribution >= 0.6 is 0 Å². The Bertz CT molecular complexity index is 1660. The Morgan fingerprint density at radius 3 is 2.41 bits per heavy atom. The molecule has 11 heteroatoms. The van der Waals surface area contributed by atoms with Gasteiger partial charge in [-0.05, 0) is 49.2 Å². The molecule has 4 aromatic heterocycles. The van der Waals surface area contributed by atoms with E-state index in [2.05, 4.69) is 32.2 Å². The van der Waals surface area contributed by atoms with Crippen LogP contribution < -0.4 is 10.4 Å². The van der Waals surface area contributed by atoms with Gasteiger partial charge in [0.2, 0.25) is 0 Å². The molecule has 0 saturated carbocycles. The van der Waals surface area contributed by atoms with E-state index < -0.39 is 17.6 Å². The molecular weight excluding hydrogens is 485 g/mol. The van der Waals surface area contributed by atoms with E-state index in [-0.39, 0.29) is 18.2 Å². The van der Waals surface area contributed by atoms with Crippen molar-refractivity contribution in [2.24, 2.45) is 0 Å². The summed E-state index contributed by atoms with van der Waals surface area (Å²) in [7, 11) is 1.46. The van der Waals surface area contributed by atoms with Crippen molar-refractivity contribution in [2.75, 3.05) is 7.11 Å². The van der Waals surface area contributed by atoms with Crippen LogP contribution in [-0.4, -0.2) is 36.2 Å². The molecule has 0 radical (unpaired) electrons. The predicted molar refractivity (Wildman–Crippen MR) is 128 cm³/mol. The molecule has 0 spiro atoms. The Hall–Kier alpha value is -4.72. The molecule has 0 saturated heterocycles. The third-order valence-electron chi connectivity index (χ3n) is 5.84. The molecule has 0 aliphatic rings. The minimum absolute atomic E-state index is 0.0597. The molecule has 0 N–H and O–H groups in total. The first kappa shape index (κ1) is 24.0. The Morgan fingerprint density at radius 1 is 1.03 bits per heavy atom. The molecule has 37 heavy (non-hydrogen) atoms. The number of rotatable bonds is 5. The molecule has 0 atom stereocenters. The van der Waals surface area contributed by atoms with Crippen molar-refractivity contribution in [3.63, 3.8) is 0 Å². The molecule has 0 unspecified atom stereocenters. The SMILES string of the molecule is COc1ncc(-c2c(-c3c#cc(C)cc3)ccn3c(=O)n(Cc4ccc(C(F)(F)F)nc4C)nc23)cn1. The summed E-state index contributed by atoms with van der Waals surface area (Å²) in [6, 6.07) is 14.1. The Kier molecular flexibility index (Phi) is 5.87. The van der Waals surface area contributed by atoms with Crippen LogP contribution in [0.3, 0.4) is 0 Å².